The van der Waals surface area contributed by atoms with E-state index in [-0.39, 0.29) is 11.9 Å². The van der Waals surface area contributed by atoms with Crippen molar-refractivity contribution in [2.24, 2.45) is 0 Å². The van der Waals surface area contributed by atoms with E-state index < -0.39 is 0 Å². The molecule has 1 rings (SSSR count). The van der Waals surface area contributed by atoms with Gasteiger partial charge < -0.3 is 10.4 Å². The molecule has 0 aliphatic heterocycles. The molecule has 17 heavy (non-hydrogen) atoms. The predicted molar refractivity (Wildman–Crippen MR) is 63.7 cm³/mol. The third-order valence-corrected chi connectivity index (χ3v) is 2.48. The van der Waals surface area contributed by atoms with E-state index in [1.54, 1.807) is 6.92 Å². The van der Waals surface area contributed by atoms with Crippen molar-refractivity contribution in [1.29, 1.82) is 5.26 Å². The van der Waals surface area contributed by atoms with Crippen LogP contribution in [0.4, 0.5) is 4.39 Å². The van der Waals surface area contributed by atoms with E-state index >= 15 is 0 Å². The quantitative estimate of drug-likeness (QED) is 0.742. The number of aliphatic hydroxyl groups excluding tert-OH is 1. The van der Waals surface area contributed by atoms with Crippen molar-refractivity contribution >= 4 is 0 Å². The fourth-order valence-electron chi connectivity index (χ4n) is 1.56. The summed E-state index contributed by atoms with van der Waals surface area (Å²) in [5, 5.41) is 21.0. The van der Waals surface area contributed by atoms with Gasteiger partial charge in [-0.05, 0) is 50.1 Å². The second kappa shape index (κ2) is 7.00. The highest BCUT2D eigenvalue weighted by molar-refractivity contribution is 5.37. The fourth-order valence-corrected chi connectivity index (χ4v) is 1.56. The van der Waals surface area contributed by atoms with Crippen LogP contribution in [-0.2, 0) is 6.54 Å². The number of halogens is 1. The van der Waals surface area contributed by atoms with Crippen LogP contribution < -0.4 is 5.32 Å². The Morgan fingerprint density at radius 1 is 1.53 bits per heavy atom. The van der Waals surface area contributed by atoms with E-state index in [9.17, 15) is 4.39 Å². The van der Waals surface area contributed by atoms with E-state index in [0.29, 0.717) is 17.7 Å². The molecule has 1 unspecified atom stereocenters. The molecule has 92 valence electrons. The molecule has 0 amide bonds. The number of aliphatic hydroxyl groups is 1. The minimum absolute atomic E-state index is 0.291. The molecule has 0 fully saturated rings. The molecule has 0 spiro atoms. The van der Waals surface area contributed by atoms with Crippen molar-refractivity contribution in [1.82, 2.24) is 5.32 Å². The Bertz CT molecular complexity index is 399. The third-order valence-electron chi connectivity index (χ3n) is 2.48. The molecular formula is C13H17FN2O. The molecule has 1 aromatic rings. The number of hydrogen-bond donors (Lipinski definition) is 2. The normalized spacial score (nSPS) is 12.1. The van der Waals surface area contributed by atoms with Gasteiger partial charge in [0.15, 0.2) is 0 Å². The summed E-state index contributed by atoms with van der Waals surface area (Å²) < 4.78 is 13.0. The first-order valence-corrected chi connectivity index (χ1v) is 5.71. The fraction of sp³-hybridized carbons (Fsp3) is 0.462. The van der Waals surface area contributed by atoms with E-state index in [0.717, 1.165) is 19.4 Å². The molecule has 3 nitrogen and oxygen atoms in total. The third kappa shape index (κ3) is 4.94. The van der Waals surface area contributed by atoms with Gasteiger partial charge in [-0.3, -0.25) is 0 Å². The lowest BCUT2D eigenvalue weighted by Crippen LogP contribution is -2.17. The Kier molecular flexibility index (Phi) is 5.61. The maximum atomic E-state index is 13.0. The molecule has 0 saturated carbocycles. The maximum absolute atomic E-state index is 13.0. The Balaban J connectivity index is 2.41. The van der Waals surface area contributed by atoms with Crippen LogP contribution in [-0.4, -0.2) is 17.8 Å². The molecule has 1 aromatic carbocycles. The average Bonchev–Trinajstić information content (AvgIpc) is 2.28. The molecule has 0 bridgehead atoms. The molecule has 0 aliphatic carbocycles. The van der Waals surface area contributed by atoms with Crippen LogP contribution in [0.1, 0.15) is 30.9 Å². The smallest absolute Gasteiger partial charge is 0.123 e. The van der Waals surface area contributed by atoms with Crippen molar-refractivity contribution in [3.63, 3.8) is 0 Å². The van der Waals surface area contributed by atoms with Crippen LogP contribution in [0.5, 0.6) is 0 Å². The predicted octanol–water partition coefficient (Wildman–Crippen LogP) is 1.95. The van der Waals surface area contributed by atoms with Gasteiger partial charge in [0, 0.05) is 6.54 Å². The summed E-state index contributed by atoms with van der Waals surface area (Å²) in [6.07, 6.45) is 1.30. The van der Waals surface area contributed by atoms with Crippen molar-refractivity contribution < 1.29 is 9.50 Å². The van der Waals surface area contributed by atoms with E-state index in [2.05, 4.69) is 5.32 Å². The van der Waals surface area contributed by atoms with E-state index in [1.807, 2.05) is 6.07 Å². The maximum Gasteiger partial charge on any atom is 0.123 e. The van der Waals surface area contributed by atoms with Crippen molar-refractivity contribution in [2.75, 3.05) is 6.54 Å². The van der Waals surface area contributed by atoms with Gasteiger partial charge in [0.25, 0.3) is 0 Å². The minimum atomic E-state index is -0.329. The van der Waals surface area contributed by atoms with Crippen molar-refractivity contribution in [3.8, 4) is 6.07 Å². The molecule has 0 aliphatic rings. The van der Waals surface area contributed by atoms with E-state index in [1.165, 1.54) is 18.2 Å². The highest BCUT2D eigenvalue weighted by Gasteiger charge is 2.03. The number of benzene rings is 1. The summed E-state index contributed by atoms with van der Waals surface area (Å²) in [4.78, 5) is 0. The van der Waals surface area contributed by atoms with Gasteiger partial charge in [0.1, 0.15) is 5.82 Å². The first-order chi connectivity index (χ1) is 8.13. The highest BCUT2D eigenvalue weighted by Crippen LogP contribution is 2.10. The molecule has 4 heteroatoms. The molecule has 1 atom stereocenters. The Morgan fingerprint density at radius 2 is 2.29 bits per heavy atom. The van der Waals surface area contributed by atoms with Gasteiger partial charge in [-0.25, -0.2) is 4.39 Å². The van der Waals surface area contributed by atoms with Crippen LogP contribution in [0.25, 0.3) is 0 Å². The summed E-state index contributed by atoms with van der Waals surface area (Å²) in [6, 6.07) is 6.19. The molecular weight excluding hydrogens is 219 g/mol. The SMILES string of the molecule is CC(O)CCCNCc1cc(F)ccc1C#N. The lowest BCUT2D eigenvalue weighted by atomic mass is 10.1. The second-order valence-electron chi connectivity index (χ2n) is 4.08. The first kappa shape index (κ1) is 13.6. The lowest BCUT2D eigenvalue weighted by Gasteiger charge is -2.07. The Hall–Kier alpha value is -1.44. The standard InChI is InChI=1S/C13H17FN2O/c1-10(17)3-2-6-16-9-12-7-13(14)5-4-11(12)8-15/h4-5,7,10,16-17H,2-3,6,9H2,1H3. The molecule has 0 saturated heterocycles. The average molecular weight is 236 g/mol. The number of nitriles is 1. The van der Waals surface area contributed by atoms with E-state index in [4.69, 9.17) is 10.4 Å². The summed E-state index contributed by atoms with van der Waals surface area (Å²) in [5.41, 5.74) is 1.17. The van der Waals surface area contributed by atoms with Gasteiger partial charge in [-0.1, -0.05) is 0 Å². The zero-order valence-electron chi connectivity index (χ0n) is 9.91. The zero-order chi connectivity index (χ0) is 12.7. The monoisotopic (exact) mass is 236 g/mol. The minimum Gasteiger partial charge on any atom is -0.393 e. The summed E-state index contributed by atoms with van der Waals surface area (Å²) >= 11 is 0. The van der Waals surface area contributed by atoms with Gasteiger partial charge in [-0.15, -0.1) is 0 Å². The van der Waals surface area contributed by atoms with Crippen LogP contribution >= 0.6 is 0 Å². The summed E-state index contributed by atoms with van der Waals surface area (Å²) in [5.74, 6) is -0.329. The van der Waals surface area contributed by atoms with Crippen LogP contribution in [0.15, 0.2) is 18.2 Å². The van der Waals surface area contributed by atoms with Gasteiger partial charge >= 0.3 is 0 Å². The number of nitrogens with zero attached hydrogens (tertiary/aromatic N) is 1. The van der Waals surface area contributed by atoms with Crippen molar-refractivity contribution in [3.05, 3.63) is 35.1 Å². The molecule has 0 radical (unpaired) electrons. The molecule has 2 N–H and O–H groups in total. The number of rotatable bonds is 6. The number of hydrogen-bond acceptors (Lipinski definition) is 3. The van der Waals surface area contributed by atoms with Crippen LogP contribution in [0, 0.1) is 17.1 Å². The largest absolute Gasteiger partial charge is 0.393 e. The van der Waals surface area contributed by atoms with Crippen LogP contribution in [0.2, 0.25) is 0 Å². The second-order valence-corrected chi connectivity index (χ2v) is 4.08. The lowest BCUT2D eigenvalue weighted by molar-refractivity contribution is 0.181. The van der Waals surface area contributed by atoms with Crippen LogP contribution in [0.3, 0.4) is 0 Å². The Morgan fingerprint density at radius 3 is 2.94 bits per heavy atom. The van der Waals surface area contributed by atoms with Gasteiger partial charge in [0.05, 0.1) is 17.7 Å². The molecule has 0 aromatic heterocycles. The number of nitrogens with one attached hydrogen (secondary N) is 1. The molecule has 0 heterocycles. The summed E-state index contributed by atoms with van der Waals surface area (Å²) in [7, 11) is 0. The Labute approximate surface area is 101 Å². The zero-order valence-corrected chi connectivity index (χ0v) is 9.91. The topological polar surface area (TPSA) is 56.0 Å². The summed E-state index contributed by atoms with van der Waals surface area (Å²) in [6.45, 7) is 2.97. The first-order valence-electron chi connectivity index (χ1n) is 5.71. The van der Waals surface area contributed by atoms with Gasteiger partial charge in [0.2, 0.25) is 0 Å². The van der Waals surface area contributed by atoms with Crippen molar-refractivity contribution in [2.45, 2.75) is 32.4 Å². The highest BCUT2D eigenvalue weighted by atomic mass is 19.1. The van der Waals surface area contributed by atoms with Gasteiger partial charge in [-0.2, -0.15) is 5.26 Å².